The van der Waals surface area contributed by atoms with Gasteiger partial charge in [0.2, 0.25) is 0 Å². The lowest BCUT2D eigenvalue weighted by atomic mass is 9.93. The highest BCUT2D eigenvalue weighted by Crippen LogP contribution is 2.19. The van der Waals surface area contributed by atoms with E-state index in [1.54, 1.807) is 6.21 Å². The van der Waals surface area contributed by atoms with E-state index in [0.717, 1.165) is 6.42 Å². The summed E-state index contributed by atoms with van der Waals surface area (Å²) >= 11 is -1.10. The summed E-state index contributed by atoms with van der Waals surface area (Å²) in [5.74, 6) is 0. The zero-order chi connectivity index (χ0) is 10.7. The van der Waals surface area contributed by atoms with Crippen LogP contribution < -0.4 is 0 Å². The van der Waals surface area contributed by atoms with E-state index >= 15 is 0 Å². The van der Waals surface area contributed by atoms with E-state index < -0.39 is 11.4 Å². The Kier molecular flexibility index (Phi) is 4.46. The van der Waals surface area contributed by atoms with Crippen molar-refractivity contribution in [3.8, 4) is 0 Å². The van der Waals surface area contributed by atoms with Crippen molar-refractivity contribution in [1.82, 2.24) is 0 Å². The number of rotatable bonds is 2. The standard InChI is InChI=1S/C10H21NOS/c1-9(2,3)7-8-11-13(12)10(4,5)6/h8H,7H2,1-6H3/b11-8+. The van der Waals surface area contributed by atoms with Gasteiger partial charge in [-0.15, -0.1) is 0 Å². The highest BCUT2D eigenvalue weighted by atomic mass is 32.2. The van der Waals surface area contributed by atoms with Gasteiger partial charge in [0.1, 0.15) is 16.1 Å². The van der Waals surface area contributed by atoms with E-state index in [1.165, 1.54) is 0 Å². The topological polar surface area (TPSA) is 35.4 Å². The normalized spacial score (nSPS) is 16.5. The molecule has 0 aliphatic rings. The van der Waals surface area contributed by atoms with E-state index in [2.05, 4.69) is 25.2 Å². The predicted molar refractivity (Wildman–Crippen MR) is 60.5 cm³/mol. The Balaban J connectivity index is 4.00. The molecule has 0 N–H and O–H groups in total. The molecule has 0 rings (SSSR count). The van der Waals surface area contributed by atoms with Crippen molar-refractivity contribution >= 4 is 17.6 Å². The van der Waals surface area contributed by atoms with Crippen LogP contribution in [-0.2, 0) is 11.4 Å². The quantitative estimate of drug-likeness (QED) is 0.502. The molecule has 0 radical (unpaired) electrons. The Morgan fingerprint density at radius 2 is 1.62 bits per heavy atom. The molecule has 0 fully saturated rings. The fourth-order valence-corrected chi connectivity index (χ4v) is 1.06. The maximum atomic E-state index is 11.5. The molecule has 0 saturated carbocycles. The predicted octanol–water partition coefficient (Wildman–Crippen LogP) is 2.96. The highest BCUT2D eigenvalue weighted by molar-refractivity contribution is 7.91. The molecule has 0 heterocycles. The summed E-state index contributed by atoms with van der Waals surface area (Å²) in [4.78, 5) is 0. The van der Waals surface area contributed by atoms with Crippen LogP contribution in [-0.4, -0.2) is 15.5 Å². The minimum absolute atomic E-state index is 0.228. The van der Waals surface area contributed by atoms with Crippen LogP contribution in [0.1, 0.15) is 48.0 Å². The van der Waals surface area contributed by atoms with Crippen molar-refractivity contribution in [2.24, 2.45) is 9.81 Å². The fraction of sp³-hybridized carbons (Fsp3) is 0.900. The van der Waals surface area contributed by atoms with Crippen molar-refractivity contribution in [1.29, 1.82) is 0 Å². The molecule has 1 unspecified atom stereocenters. The second-order valence-corrected chi connectivity index (χ2v) is 7.35. The van der Waals surface area contributed by atoms with Gasteiger partial charge in [0.15, 0.2) is 0 Å². The maximum absolute atomic E-state index is 11.5. The SMILES string of the molecule is CC(C)(C)C/C=N/[S+]([O-])C(C)(C)C. The molecule has 0 aromatic rings. The Morgan fingerprint density at radius 3 is 1.92 bits per heavy atom. The average molecular weight is 203 g/mol. The van der Waals surface area contributed by atoms with Gasteiger partial charge in [-0.25, -0.2) is 0 Å². The molecule has 0 aromatic carbocycles. The first kappa shape index (κ1) is 13.0. The van der Waals surface area contributed by atoms with E-state index in [4.69, 9.17) is 0 Å². The first-order valence-electron chi connectivity index (χ1n) is 4.57. The molecular formula is C10H21NOS. The third-order valence-corrected chi connectivity index (χ3v) is 2.79. The van der Waals surface area contributed by atoms with Crippen LogP contribution in [0.2, 0.25) is 0 Å². The molecule has 0 bridgehead atoms. The molecule has 3 heteroatoms. The number of hydrogen-bond donors (Lipinski definition) is 0. The second-order valence-electron chi connectivity index (χ2n) is 5.41. The summed E-state index contributed by atoms with van der Waals surface area (Å²) < 4.78 is 15.2. The lowest BCUT2D eigenvalue weighted by Crippen LogP contribution is -2.26. The first-order chi connectivity index (χ1) is 5.63. The molecular weight excluding hydrogens is 182 g/mol. The monoisotopic (exact) mass is 203 g/mol. The molecule has 1 atom stereocenters. The van der Waals surface area contributed by atoms with Gasteiger partial charge < -0.3 is 4.55 Å². The van der Waals surface area contributed by atoms with E-state index in [-0.39, 0.29) is 10.2 Å². The van der Waals surface area contributed by atoms with Gasteiger partial charge in [-0.05, 0) is 32.6 Å². The van der Waals surface area contributed by atoms with Crippen molar-refractivity contribution in [2.75, 3.05) is 0 Å². The molecule has 0 aromatic heterocycles. The zero-order valence-electron chi connectivity index (χ0n) is 9.55. The van der Waals surface area contributed by atoms with Crippen LogP contribution in [0.5, 0.6) is 0 Å². The van der Waals surface area contributed by atoms with Crippen molar-refractivity contribution in [2.45, 2.75) is 52.7 Å². The Bertz CT molecular complexity index is 176. The van der Waals surface area contributed by atoms with Crippen molar-refractivity contribution in [3.05, 3.63) is 0 Å². The van der Waals surface area contributed by atoms with Crippen molar-refractivity contribution in [3.63, 3.8) is 0 Å². The van der Waals surface area contributed by atoms with E-state index in [0.29, 0.717) is 0 Å². The Hall–Kier alpha value is -0.0200. The summed E-state index contributed by atoms with van der Waals surface area (Å²) in [6.45, 7) is 12.2. The Labute approximate surface area is 85.1 Å². The van der Waals surface area contributed by atoms with Gasteiger partial charge in [0, 0.05) is 0 Å². The molecule has 0 aliphatic carbocycles. The molecule has 0 spiro atoms. The average Bonchev–Trinajstić information content (AvgIpc) is 1.82. The summed E-state index contributed by atoms with van der Waals surface area (Å²) in [6, 6.07) is 0. The first-order valence-corrected chi connectivity index (χ1v) is 5.68. The lowest BCUT2D eigenvalue weighted by molar-refractivity contribution is 0.437. The van der Waals surface area contributed by atoms with Gasteiger partial charge in [-0.3, -0.25) is 0 Å². The van der Waals surface area contributed by atoms with Gasteiger partial charge in [-0.2, -0.15) is 0 Å². The zero-order valence-corrected chi connectivity index (χ0v) is 10.4. The van der Waals surface area contributed by atoms with Crippen LogP contribution in [0.15, 0.2) is 4.40 Å². The van der Waals surface area contributed by atoms with Gasteiger partial charge in [0.25, 0.3) is 0 Å². The van der Waals surface area contributed by atoms with Gasteiger partial charge >= 0.3 is 0 Å². The number of hydrogen-bond acceptors (Lipinski definition) is 2. The van der Waals surface area contributed by atoms with E-state index in [1.807, 2.05) is 20.8 Å². The Morgan fingerprint density at radius 1 is 1.15 bits per heavy atom. The minimum atomic E-state index is -1.10. The van der Waals surface area contributed by atoms with Crippen LogP contribution in [0, 0.1) is 5.41 Å². The molecule has 13 heavy (non-hydrogen) atoms. The fourth-order valence-electron chi connectivity index (χ4n) is 0.537. The smallest absolute Gasteiger partial charge is 0.144 e. The molecule has 0 amide bonds. The maximum Gasteiger partial charge on any atom is 0.144 e. The molecule has 0 saturated heterocycles. The van der Waals surface area contributed by atoms with Gasteiger partial charge in [-0.1, -0.05) is 25.2 Å². The highest BCUT2D eigenvalue weighted by Gasteiger charge is 2.25. The summed E-state index contributed by atoms with van der Waals surface area (Å²) in [5.41, 5.74) is 0.228. The van der Waals surface area contributed by atoms with Crippen LogP contribution in [0.25, 0.3) is 0 Å². The molecule has 2 nitrogen and oxygen atoms in total. The van der Waals surface area contributed by atoms with E-state index in [9.17, 15) is 4.55 Å². The molecule has 0 aliphatic heterocycles. The molecule has 78 valence electrons. The minimum Gasteiger partial charge on any atom is -0.591 e. The van der Waals surface area contributed by atoms with Gasteiger partial charge in [0.05, 0.1) is 6.21 Å². The van der Waals surface area contributed by atoms with Crippen LogP contribution in [0.4, 0.5) is 0 Å². The summed E-state index contributed by atoms with van der Waals surface area (Å²) in [5, 5.41) is 0. The second kappa shape index (κ2) is 4.47. The third-order valence-electron chi connectivity index (χ3n) is 1.40. The van der Waals surface area contributed by atoms with Crippen molar-refractivity contribution < 1.29 is 4.55 Å². The summed E-state index contributed by atoms with van der Waals surface area (Å²) in [6.07, 6.45) is 2.65. The number of nitrogens with zero attached hydrogens (tertiary/aromatic N) is 1. The largest absolute Gasteiger partial charge is 0.591 e. The third kappa shape index (κ3) is 7.08. The van der Waals surface area contributed by atoms with Crippen LogP contribution >= 0.6 is 0 Å². The van der Waals surface area contributed by atoms with Crippen LogP contribution in [0.3, 0.4) is 0 Å². The lowest BCUT2D eigenvalue weighted by Gasteiger charge is -2.19. The summed E-state index contributed by atoms with van der Waals surface area (Å²) in [7, 11) is 0.